The molecule has 1 N–H and O–H groups in total. The number of nitrogens with one attached hydrogen (secondary N) is 1. The van der Waals surface area contributed by atoms with Gasteiger partial charge in [-0.05, 0) is 6.42 Å². The number of nitrogens with zero attached hydrogens (tertiary/aromatic N) is 1. The lowest BCUT2D eigenvalue weighted by Gasteiger charge is -2.20. The van der Waals surface area contributed by atoms with Crippen LogP contribution in [0.4, 0.5) is 4.79 Å². The fourth-order valence-corrected chi connectivity index (χ4v) is 2.62. The zero-order chi connectivity index (χ0) is 19.3. The molecule has 2 rings (SSSR count). The number of carbonyl (C=O) groups excluding carboxylic acids is 2. The number of rotatable bonds is 6. The Balaban J connectivity index is 2.29. The number of ether oxygens (including phenoxy) is 4. The minimum atomic E-state index is -0.974. The predicted molar refractivity (Wildman–Crippen MR) is 87.7 cm³/mol. The highest BCUT2D eigenvalue weighted by molar-refractivity contribution is 5.66. The summed E-state index contributed by atoms with van der Waals surface area (Å²) in [6, 6.07) is 0. The molecular formula is C16H20N2O8. The first-order chi connectivity index (χ1) is 12.3. The molecule has 26 heavy (non-hydrogen) atoms. The number of hydrogen-bond donors (Lipinski definition) is 1. The first-order valence-electron chi connectivity index (χ1n) is 7.84. The summed E-state index contributed by atoms with van der Waals surface area (Å²) < 4.78 is 21.3. The molecule has 0 aliphatic carbocycles. The van der Waals surface area contributed by atoms with Crippen LogP contribution in [0.3, 0.4) is 0 Å². The Labute approximate surface area is 148 Å². The van der Waals surface area contributed by atoms with Crippen molar-refractivity contribution in [1.82, 2.24) is 9.55 Å². The van der Waals surface area contributed by atoms with Gasteiger partial charge in [0.05, 0.1) is 13.2 Å². The van der Waals surface area contributed by atoms with Gasteiger partial charge in [-0.15, -0.1) is 6.58 Å². The number of esters is 1. The van der Waals surface area contributed by atoms with Gasteiger partial charge in [-0.25, -0.2) is 9.59 Å². The summed E-state index contributed by atoms with van der Waals surface area (Å²) in [5, 5.41) is 0. The number of aromatic amines is 1. The smallest absolute Gasteiger partial charge is 0.458 e. The number of hydrogen-bond acceptors (Lipinski definition) is 8. The molecule has 1 aromatic rings. The lowest BCUT2D eigenvalue weighted by Crippen LogP contribution is -2.38. The van der Waals surface area contributed by atoms with Crippen molar-refractivity contribution in [2.24, 2.45) is 0 Å². The van der Waals surface area contributed by atoms with E-state index in [9.17, 15) is 19.2 Å². The minimum absolute atomic E-state index is 0.140. The van der Waals surface area contributed by atoms with E-state index in [-0.39, 0.29) is 19.4 Å². The van der Waals surface area contributed by atoms with Crippen LogP contribution in [0.5, 0.6) is 0 Å². The zero-order valence-electron chi connectivity index (χ0n) is 14.4. The van der Waals surface area contributed by atoms with Gasteiger partial charge in [0.2, 0.25) is 0 Å². The molecular weight excluding hydrogens is 348 g/mol. The summed E-state index contributed by atoms with van der Waals surface area (Å²) in [5.74, 6) is -0.554. The van der Waals surface area contributed by atoms with Crippen LogP contribution < -0.4 is 11.2 Å². The third-order valence-electron chi connectivity index (χ3n) is 3.70. The third-order valence-corrected chi connectivity index (χ3v) is 3.70. The Kier molecular flexibility index (Phi) is 6.34. The van der Waals surface area contributed by atoms with E-state index in [1.165, 1.54) is 26.3 Å². The standard InChI is InChI=1S/C16H20N2O8/c1-4-5-10-7-18(15(21)17-13(10)20)14-12(25-9(2)19)6-11(26-14)8-24-16(22)23-3/h4,7,11-12,14H,1,5-6,8H2,2-3H3,(H,17,20,21)/t11-,12+,14+/m0/s1. The maximum Gasteiger partial charge on any atom is 0.508 e. The van der Waals surface area contributed by atoms with Gasteiger partial charge in [-0.3, -0.25) is 19.1 Å². The molecule has 1 fully saturated rings. The number of allylic oxidation sites excluding steroid dienone is 1. The number of methoxy groups -OCH3 is 1. The molecule has 0 unspecified atom stereocenters. The van der Waals surface area contributed by atoms with Crippen molar-refractivity contribution in [1.29, 1.82) is 0 Å². The summed E-state index contributed by atoms with van der Waals surface area (Å²) in [6.45, 7) is 4.65. The van der Waals surface area contributed by atoms with Gasteiger partial charge in [0.25, 0.3) is 5.56 Å². The molecule has 3 atom stereocenters. The van der Waals surface area contributed by atoms with Crippen molar-refractivity contribution < 1.29 is 28.5 Å². The van der Waals surface area contributed by atoms with E-state index in [1.807, 2.05) is 0 Å². The van der Waals surface area contributed by atoms with Crippen molar-refractivity contribution >= 4 is 12.1 Å². The van der Waals surface area contributed by atoms with Gasteiger partial charge in [-0.1, -0.05) is 6.08 Å². The van der Waals surface area contributed by atoms with E-state index in [0.29, 0.717) is 5.56 Å². The molecule has 0 amide bonds. The first-order valence-corrected chi connectivity index (χ1v) is 7.84. The van der Waals surface area contributed by atoms with Gasteiger partial charge in [0.15, 0.2) is 6.23 Å². The second-order valence-corrected chi connectivity index (χ2v) is 5.61. The van der Waals surface area contributed by atoms with Gasteiger partial charge in [0.1, 0.15) is 12.7 Å². The SMILES string of the molecule is C=CCc1cn([C@@H]2O[C@H](COC(=O)OC)C[C@H]2OC(C)=O)c(=O)[nH]c1=O. The highest BCUT2D eigenvalue weighted by Crippen LogP contribution is 2.30. The molecule has 0 bridgehead atoms. The first kappa shape index (κ1) is 19.4. The maximum atomic E-state index is 12.2. The molecule has 0 radical (unpaired) electrons. The quantitative estimate of drug-likeness (QED) is 0.560. The van der Waals surface area contributed by atoms with Crippen molar-refractivity contribution in [3.63, 3.8) is 0 Å². The summed E-state index contributed by atoms with van der Waals surface area (Å²) >= 11 is 0. The fraction of sp³-hybridized carbons (Fsp3) is 0.500. The molecule has 1 aromatic heterocycles. The molecule has 2 heterocycles. The third kappa shape index (κ3) is 4.60. The summed E-state index contributed by atoms with van der Waals surface area (Å²) in [4.78, 5) is 48.7. The fourth-order valence-electron chi connectivity index (χ4n) is 2.62. The van der Waals surface area contributed by atoms with Crippen LogP contribution in [0.15, 0.2) is 28.4 Å². The Bertz CT molecular complexity index is 796. The predicted octanol–water partition coefficient (Wildman–Crippen LogP) is 0.267. The van der Waals surface area contributed by atoms with Crippen LogP contribution in [-0.4, -0.2) is 47.6 Å². The average Bonchev–Trinajstić information content (AvgIpc) is 2.97. The molecule has 0 saturated carbocycles. The number of aromatic nitrogens is 2. The lowest BCUT2D eigenvalue weighted by molar-refractivity contribution is -0.152. The Morgan fingerprint density at radius 2 is 2.19 bits per heavy atom. The van der Waals surface area contributed by atoms with Crippen LogP contribution in [0.2, 0.25) is 0 Å². The van der Waals surface area contributed by atoms with Crippen molar-refractivity contribution in [2.75, 3.05) is 13.7 Å². The van der Waals surface area contributed by atoms with Crippen molar-refractivity contribution in [3.8, 4) is 0 Å². The zero-order valence-corrected chi connectivity index (χ0v) is 14.4. The number of carbonyl (C=O) groups is 2. The highest BCUT2D eigenvalue weighted by atomic mass is 16.7. The molecule has 1 aliphatic rings. The summed E-state index contributed by atoms with van der Waals surface area (Å²) in [7, 11) is 1.17. The van der Waals surface area contributed by atoms with E-state index in [0.717, 1.165) is 4.57 Å². The van der Waals surface area contributed by atoms with E-state index >= 15 is 0 Å². The second-order valence-electron chi connectivity index (χ2n) is 5.61. The maximum absolute atomic E-state index is 12.2. The van der Waals surface area contributed by atoms with Gasteiger partial charge >= 0.3 is 17.8 Å². The largest absolute Gasteiger partial charge is 0.508 e. The Hall–Kier alpha value is -2.88. The van der Waals surface area contributed by atoms with E-state index in [1.54, 1.807) is 0 Å². The van der Waals surface area contributed by atoms with Gasteiger partial charge in [0, 0.05) is 25.1 Å². The van der Waals surface area contributed by atoms with Crippen molar-refractivity contribution in [3.05, 3.63) is 45.3 Å². The lowest BCUT2D eigenvalue weighted by atomic mass is 10.2. The van der Waals surface area contributed by atoms with E-state index in [4.69, 9.17) is 14.2 Å². The topological polar surface area (TPSA) is 126 Å². The van der Waals surface area contributed by atoms with Crippen LogP contribution in [0.1, 0.15) is 25.1 Å². The molecule has 0 aromatic carbocycles. The monoisotopic (exact) mass is 368 g/mol. The Morgan fingerprint density at radius 3 is 2.81 bits per heavy atom. The second kappa shape index (κ2) is 8.48. The van der Waals surface area contributed by atoms with E-state index < -0.39 is 41.8 Å². The van der Waals surface area contributed by atoms with Crippen molar-refractivity contribution in [2.45, 2.75) is 38.2 Å². The molecule has 0 spiro atoms. The van der Waals surface area contributed by atoms with Gasteiger partial charge < -0.3 is 18.9 Å². The molecule has 1 saturated heterocycles. The Morgan fingerprint density at radius 1 is 1.46 bits per heavy atom. The van der Waals surface area contributed by atoms with Gasteiger partial charge in [-0.2, -0.15) is 0 Å². The molecule has 10 nitrogen and oxygen atoms in total. The van der Waals surface area contributed by atoms with Crippen LogP contribution in [-0.2, 0) is 30.2 Å². The van der Waals surface area contributed by atoms with Crippen LogP contribution in [0, 0.1) is 0 Å². The van der Waals surface area contributed by atoms with Crippen LogP contribution in [0.25, 0.3) is 0 Å². The van der Waals surface area contributed by atoms with E-state index in [2.05, 4.69) is 16.3 Å². The minimum Gasteiger partial charge on any atom is -0.458 e. The normalized spacial score (nSPS) is 21.8. The summed E-state index contributed by atoms with van der Waals surface area (Å²) in [5.41, 5.74) is -0.933. The molecule has 10 heteroatoms. The molecule has 142 valence electrons. The summed E-state index contributed by atoms with van der Waals surface area (Å²) in [6.07, 6.45) is 0.0376. The highest BCUT2D eigenvalue weighted by Gasteiger charge is 2.40. The number of H-pyrrole nitrogens is 1. The molecule has 1 aliphatic heterocycles. The average molecular weight is 368 g/mol. The van der Waals surface area contributed by atoms with Crippen LogP contribution >= 0.6 is 0 Å².